The summed E-state index contributed by atoms with van der Waals surface area (Å²) in [4.78, 5) is 34.8. The Morgan fingerprint density at radius 3 is 2.81 bits per heavy atom. The van der Waals surface area contributed by atoms with Crippen molar-refractivity contribution in [2.75, 3.05) is 6.54 Å². The van der Waals surface area contributed by atoms with E-state index in [-0.39, 0.29) is 22.2 Å². The molecule has 0 bridgehead atoms. The molecule has 1 aromatic rings. The van der Waals surface area contributed by atoms with E-state index >= 15 is 0 Å². The predicted molar refractivity (Wildman–Crippen MR) is 79.6 cm³/mol. The van der Waals surface area contributed by atoms with Gasteiger partial charge in [0, 0.05) is 6.07 Å². The summed E-state index contributed by atoms with van der Waals surface area (Å²) >= 11 is 6.44. The molecule has 0 N–H and O–H groups in total. The van der Waals surface area contributed by atoms with Crippen LogP contribution >= 0.6 is 23.4 Å². The van der Waals surface area contributed by atoms with Gasteiger partial charge in [-0.25, -0.2) is 0 Å². The Balaban J connectivity index is 2.35. The Morgan fingerprint density at radius 2 is 2.19 bits per heavy atom. The van der Waals surface area contributed by atoms with Crippen LogP contribution < -0.4 is 0 Å². The summed E-state index contributed by atoms with van der Waals surface area (Å²) in [5, 5.41) is 10.3. The number of thioether (sulfide) groups is 1. The summed E-state index contributed by atoms with van der Waals surface area (Å²) in [5.74, 6) is 1.71. The fourth-order valence-electron chi connectivity index (χ4n) is 1.64. The zero-order chi connectivity index (χ0) is 15.6. The van der Waals surface area contributed by atoms with Crippen LogP contribution in [0.4, 0.5) is 10.5 Å². The molecular formula is C13H7ClN2O4S. The zero-order valence-electron chi connectivity index (χ0n) is 10.4. The fourth-order valence-corrected chi connectivity index (χ4v) is 2.66. The first-order valence-electron chi connectivity index (χ1n) is 5.57. The number of carbonyl (C=O) groups is 2. The first-order chi connectivity index (χ1) is 9.93. The Kier molecular flexibility index (Phi) is 4.31. The molecule has 2 rings (SSSR count). The Morgan fingerprint density at radius 1 is 1.48 bits per heavy atom. The number of imide groups is 1. The van der Waals surface area contributed by atoms with Gasteiger partial charge in [0.05, 0.1) is 16.4 Å². The topological polar surface area (TPSA) is 80.5 Å². The van der Waals surface area contributed by atoms with Gasteiger partial charge in [-0.15, -0.1) is 6.42 Å². The van der Waals surface area contributed by atoms with Crippen LogP contribution in [0.2, 0.25) is 5.02 Å². The van der Waals surface area contributed by atoms with Crippen molar-refractivity contribution in [1.82, 2.24) is 4.90 Å². The molecule has 1 aliphatic heterocycles. The summed E-state index contributed by atoms with van der Waals surface area (Å²) in [5.41, 5.74) is 0.130. The third-order valence-corrected chi connectivity index (χ3v) is 3.81. The highest BCUT2D eigenvalue weighted by Gasteiger charge is 2.34. The number of terminal acetylenes is 1. The predicted octanol–water partition coefficient (Wildman–Crippen LogP) is 2.92. The second-order valence-corrected chi connectivity index (χ2v) is 5.34. The van der Waals surface area contributed by atoms with Gasteiger partial charge in [-0.05, 0) is 29.5 Å². The van der Waals surface area contributed by atoms with Crippen molar-refractivity contribution in [3.05, 3.63) is 43.8 Å². The summed E-state index contributed by atoms with van der Waals surface area (Å²) < 4.78 is 0. The van der Waals surface area contributed by atoms with E-state index in [1.165, 1.54) is 24.3 Å². The minimum absolute atomic E-state index is 0.00224. The van der Waals surface area contributed by atoms with Crippen LogP contribution in [0.15, 0.2) is 23.1 Å². The minimum atomic E-state index is -0.621. The standard InChI is InChI=1S/C13H7ClN2O4S/c1-2-5-15-12(17)11(21-13(15)18)7-8-3-4-9(14)10(6-8)16(19)20/h1,3-4,6-7H,5H2/b11-7+. The third-order valence-electron chi connectivity index (χ3n) is 2.59. The lowest BCUT2D eigenvalue weighted by molar-refractivity contribution is -0.384. The van der Waals surface area contributed by atoms with Gasteiger partial charge in [-0.2, -0.15) is 0 Å². The number of amides is 2. The van der Waals surface area contributed by atoms with E-state index in [4.69, 9.17) is 18.0 Å². The van der Waals surface area contributed by atoms with Gasteiger partial charge in [0.2, 0.25) is 0 Å². The summed E-state index contributed by atoms with van der Waals surface area (Å²) in [7, 11) is 0. The quantitative estimate of drug-likeness (QED) is 0.370. The Hall–Kier alpha value is -2.30. The highest BCUT2D eigenvalue weighted by molar-refractivity contribution is 8.18. The number of halogens is 1. The van der Waals surface area contributed by atoms with Gasteiger partial charge in [-0.3, -0.25) is 24.6 Å². The summed E-state index contributed by atoms with van der Waals surface area (Å²) in [6.07, 6.45) is 6.48. The van der Waals surface area contributed by atoms with E-state index in [0.717, 1.165) is 16.7 Å². The smallest absolute Gasteiger partial charge is 0.268 e. The molecule has 6 nitrogen and oxygen atoms in total. The molecule has 0 unspecified atom stereocenters. The Bertz CT molecular complexity index is 723. The molecule has 0 aliphatic carbocycles. The van der Waals surface area contributed by atoms with E-state index in [1.54, 1.807) is 0 Å². The number of carbonyl (C=O) groups excluding carboxylic acids is 2. The Labute approximate surface area is 128 Å². The SMILES string of the molecule is C#CCN1C(=O)S/C(=C/c2ccc(Cl)c([N+](=O)[O-])c2)C1=O. The molecule has 1 aromatic carbocycles. The van der Waals surface area contributed by atoms with E-state index in [1.807, 2.05) is 0 Å². The van der Waals surface area contributed by atoms with E-state index in [0.29, 0.717) is 5.56 Å². The minimum Gasteiger partial charge on any atom is -0.268 e. The summed E-state index contributed by atoms with van der Waals surface area (Å²) in [6.45, 7) is -0.108. The molecular weight excluding hydrogens is 316 g/mol. The summed E-state index contributed by atoms with van der Waals surface area (Å²) in [6, 6.07) is 4.11. The average Bonchev–Trinajstić information content (AvgIpc) is 2.69. The first kappa shape index (κ1) is 15.1. The van der Waals surface area contributed by atoms with Crippen molar-refractivity contribution in [2.45, 2.75) is 0 Å². The molecule has 1 saturated heterocycles. The van der Waals surface area contributed by atoms with Crippen molar-refractivity contribution in [3.63, 3.8) is 0 Å². The second kappa shape index (κ2) is 5.99. The number of rotatable bonds is 3. The largest absolute Gasteiger partial charge is 0.294 e. The molecule has 21 heavy (non-hydrogen) atoms. The molecule has 0 saturated carbocycles. The lowest BCUT2D eigenvalue weighted by Crippen LogP contribution is -2.28. The maximum atomic E-state index is 12.0. The average molecular weight is 323 g/mol. The molecule has 1 aliphatic rings. The number of benzene rings is 1. The monoisotopic (exact) mass is 322 g/mol. The molecule has 1 fully saturated rings. The lowest BCUT2D eigenvalue weighted by Gasteiger charge is -2.06. The van der Waals surface area contributed by atoms with Crippen molar-refractivity contribution >= 4 is 46.3 Å². The van der Waals surface area contributed by atoms with Crippen molar-refractivity contribution in [2.24, 2.45) is 0 Å². The second-order valence-electron chi connectivity index (χ2n) is 3.94. The van der Waals surface area contributed by atoms with Crippen molar-refractivity contribution in [1.29, 1.82) is 0 Å². The van der Waals surface area contributed by atoms with Crippen molar-refractivity contribution in [3.8, 4) is 12.3 Å². The van der Waals surface area contributed by atoms with Gasteiger partial charge in [0.15, 0.2) is 0 Å². The van der Waals surface area contributed by atoms with Gasteiger partial charge in [0.25, 0.3) is 16.8 Å². The maximum absolute atomic E-state index is 12.0. The van der Waals surface area contributed by atoms with Crippen LogP contribution in [0.3, 0.4) is 0 Å². The van der Waals surface area contributed by atoms with Gasteiger partial charge in [-0.1, -0.05) is 23.6 Å². The highest BCUT2D eigenvalue weighted by atomic mass is 35.5. The van der Waals surface area contributed by atoms with Crippen LogP contribution in [0.5, 0.6) is 0 Å². The molecule has 0 aromatic heterocycles. The maximum Gasteiger partial charge on any atom is 0.294 e. The normalized spacial score (nSPS) is 16.4. The third kappa shape index (κ3) is 3.07. The number of nitro groups is 1. The van der Waals surface area contributed by atoms with Crippen LogP contribution in [0.25, 0.3) is 6.08 Å². The van der Waals surface area contributed by atoms with E-state index in [9.17, 15) is 19.7 Å². The van der Waals surface area contributed by atoms with Crippen LogP contribution in [0, 0.1) is 22.5 Å². The first-order valence-corrected chi connectivity index (χ1v) is 6.76. The van der Waals surface area contributed by atoms with Gasteiger partial charge in [0.1, 0.15) is 5.02 Å². The van der Waals surface area contributed by atoms with Crippen LogP contribution in [-0.2, 0) is 4.79 Å². The number of nitro benzene ring substituents is 1. The fraction of sp³-hybridized carbons (Fsp3) is 0.0769. The highest BCUT2D eigenvalue weighted by Crippen LogP contribution is 2.33. The molecule has 1 heterocycles. The van der Waals surface area contributed by atoms with Crippen LogP contribution in [0.1, 0.15) is 5.56 Å². The number of hydrogen-bond donors (Lipinski definition) is 0. The number of hydrogen-bond acceptors (Lipinski definition) is 5. The number of nitrogens with zero attached hydrogens (tertiary/aromatic N) is 2. The zero-order valence-corrected chi connectivity index (χ0v) is 12.0. The molecule has 2 amide bonds. The lowest BCUT2D eigenvalue weighted by atomic mass is 10.2. The van der Waals surface area contributed by atoms with Crippen LogP contribution in [-0.4, -0.2) is 27.5 Å². The van der Waals surface area contributed by atoms with Gasteiger partial charge >= 0.3 is 0 Å². The van der Waals surface area contributed by atoms with Crippen molar-refractivity contribution < 1.29 is 14.5 Å². The molecule has 0 atom stereocenters. The van der Waals surface area contributed by atoms with Gasteiger partial charge < -0.3 is 0 Å². The van der Waals surface area contributed by atoms with E-state index in [2.05, 4.69) is 5.92 Å². The molecule has 106 valence electrons. The van der Waals surface area contributed by atoms with E-state index < -0.39 is 16.1 Å². The molecule has 0 spiro atoms. The molecule has 0 radical (unpaired) electrons. The molecule has 8 heteroatoms.